The highest BCUT2D eigenvalue weighted by molar-refractivity contribution is 6.29. The van der Waals surface area contributed by atoms with Gasteiger partial charge in [-0.3, -0.25) is 4.90 Å². The second kappa shape index (κ2) is 4.99. The van der Waals surface area contributed by atoms with Crippen molar-refractivity contribution in [3.63, 3.8) is 0 Å². The second-order valence-electron chi connectivity index (χ2n) is 3.81. The van der Waals surface area contributed by atoms with Crippen LogP contribution in [0.25, 0.3) is 0 Å². The molecular formula is C10H19ClN2. The Bertz CT molecular complexity index is 182. The summed E-state index contributed by atoms with van der Waals surface area (Å²) in [6.07, 6.45) is 1.18. The fourth-order valence-corrected chi connectivity index (χ4v) is 1.86. The summed E-state index contributed by atoms with van der Waals surface area (Å²) in [4.78, 5) is 2.39. The molecule has 2 unspecified atom stereocenters. The first-order valence-electron chi connectivity index (χ1n) is 4.94. The summed E-state index contributed by atoms with van der Waals surface area (Å²) in [5.41, 5.74) is 0. The van der Waals surface area contributed by atoms with E-state index < -0.39 is 0 Å². The van der Waals surface area contributed by atoms with Gasteiger partial charge in [0.05, 0.1) is 0 Å². The first-order valence-corrected chi connectivity index (χ1v) is 5.32. The van der Waals surface area contributed by atoms with Gasteiger partial charge >= 0.3 is 0 Å². The first kappa shape index (κ1) is 11.0. The maximum absolute atomic E-state index is 5.81. The van der Waals surface area contributed by atoms with Crippen molar-refractivity contribution >= 4 is 11.6 Å². The number of halogens is 1. The summed E-state index contributed by atoms with van der Waals surface area (Å²) in [6.45, 7) is 11.1. The van der Waals surface area contributed by atoms with Crippen molar-refractivity contribution in [1.29, 1.82) is 0 Å². The van der Waals surface area contributed by atoms with E-state index in [2.05, 4.69) is 30.6 Å². The lowest BCUT2D eigenvalue weighted by Gasteiger charge is -2.38. The summed E-state index contributed by atoms with van der Waals surface area (Å²) in [6, 6.07) is 1.19. The average Bonchev–Trinajstić information content (AvgIpc) is 2.08. The standard InChI is InChI=1S/C10H19ClN2/c1-4-10-7-13(6-8(2)11)9(3)5-12-10/h9-10,12H,2,4-7H2,1,3H3. The SMILES string of the molecule is C=C(Cl)CN1CC(CC)NCC1C. The highest BCUT2D eigenvalue weighted by atomic mass is 35.5. The van der Waals surface area contributed by atoms with Crippen LogP contribution >= 0.6 is 11.6 Å². The molecule has 2 nitrogen and oxygen atoms in total. The molecule has 76 valence electrons. The zero-order chi connectivity index (χ0) is 9.84. The van der Waals surface area contributed by atoms with E-state index in [1.807, 2.05) is 0 Å². The number of hydrogen-bond acceptors (Lipinski definition) is 2. The van der Waals surface area contributed by atoms with Crippen LogP contribution in [0.4, 0.5) is 0 Å². The van der Waals surface area contributed by atoms with Crippen LogP contribution in [0.1, 0.15) is 20.3 Å². The first-order chi connectivity index (χ1) is 6.13. The lowest BCUT2D eigenvalue weighted by molar-refractivity contribution is 0.153. The maximum Gasteiger partial charge on any atom is 0.0339 e. The topological polar surface area (TPSA) is 15.3 Å². The second-order valence-corrected chi connectivity index (χ2v) is 4.34. The molecule has 1 aliphatic rings. The van der Waals surface area contributed by atoms with Crippen molar-refractivity contribution in [3.8, 4) is 0 Å². The molecule has 0 radical (unpaired) electrons. The molecule has 0 aromatic heterocycles. The van der Waals surface area contributed by atoms with Crippen LogP contribution in [0.15, 0.2) is 11.6 Å². The number of nitrogens with zero attached hydrogens (tertiary/aromatic N) is 1. The van der Waals surface area contributed by atoms with Crippen molar-refractivity contribution < 1.29 is 0 Å². The lowest BCUT2D eigenvalue weighted by atomic mass is 10.1. The Labute approximate surface area is 85.9 Å². The number of rotatable bonds is 3. The molecule has 0 aliphatic carbocycles. The number of hydrogen-bond donors (Lipinski definition) is 1. The fraction of sp³-hybridized carbons (Fsp3) is 0.800. The van der Waals surface area contributed by atoms with Crippen molar-refractivity contribution in [1.82, 2.24) is 10.2 Å². The van der Waals surface area contributed by atoms with Gasteiger partial charge in [-0.25, -0.2) is 0 Å². The average molecular weight is 203 g/mol. The molecule has 0 saturated carbocycles. The molecule has 1 fully saturated rings. The van der Waals surface area contributed by atoms with Gasteiger partial charge < -0.3 is 5.32 Å². The van der Waals surface area contributed by atoms with Crippen LogP contribution in [0.3, 0.4) is 0 Å². The van der Waals surface area contributed by atoms with Gasteiger partial charge in [0.1, 0.15) is 0 Å². The summed E-state index contributed by atoms with van der Waals surface area (Å²) in [7, 11) is 0. The van der Waals surface area contributed by atoms with Gasteiger partial charge in [-0.1, -0.05) is 25.1 Å². The molecule has 1 N–H and O–H groups in total. The summed E-state index contributed by atoms with van der Waals surface area (Å²) in [5.74, 6) is 0. The van der Waals surface area contributed by atoms with Gasteiger partial charge in [-0.15, -0.1) is 0 Å². The molecule has 1 heterocycles. The molecule has 0 spiro atoms. The Morgan fingerprint density at radius 3 is 2.92 bits per heavy atom. The van der Waals surface area contributed by atoms with E-state index in [1.54, 1.807) is 0 Å². The minimum Gasteiger partial charge on any atom is -0.311 e. The highest BCUT2D eigenvalue weighted by Gasteiger charge is 2.23. The minimum atomic E-state index is 0.568. The molecule has 0 bridgehead atoms. The zero-order valence-electron chi connectivity index (χ0n) is 8.52. The Hall–Kier alpha value is -0.0500. The molecule has 1 saturated heterocycles. The molecule has 0 aromatic carbocycles. The van der Waals surface area contributed by atoms with Crippen LogP contribution in [-0.2, 0) is 0 Å². The maximum atomic E-state index is 5.81. The van der Waals surface area contributed by atoms with E-state index >= 15 is 0 Å². The van der Waals surface area contributed by atoms with Gasteiger partial charge in [0, 0.05) is 36.8 Å². The summed E-state index contributed by atoms with van der Waals surface area (Å²) >= 11 is 5.81. The predicted octanol–water partition coefficient (Wildman–Crippen LogP) is 1.81. The van der Waals surface area contributed by atoms with Gasteiger partial charge in [0.2, 0.25) is 0 Å². The number of piperazine rings is 1. The van der Waals surface area contributed by atoms with Gasteiger partial charge in [-0.05, 0) is 13.3 Å². The monoisotopic (exact) mass is 202 g/mol. The smallest absolute Gasteiger partial charge is 0.0339 e. The Morgan fingerprint density at radius 2 is 2.38 bits per heavy atom. The molecule has 0 amide bonds. The van der Waals surface area contributed by atoms with E-state index in [0.717, 1.165) is 24.7 Å². The van der Waals surface area contributed by atoms with E-state index in [9.17, 15) is 0 Å². The highest BCUT2D eigenvalue weighted by Crippen LogP contribution is 2.11. The van der Waals surface area contributed by atoms with Crippen molar-refractivity contribution in [3.05, 3.63) is 11.6 Å². The predicted molar refractivity (Wildman–Crippen MR) is 58.1 cm³/mol. The van der Waals surface area contributed by atoms with Crippen molar-refractivity contribution in [2.75, 3.05) is 19.6 Å². The zero-order valence-corrected chi connectivity index (χ0v) is 9.27. The van der Waals surface area contributed by atoms with E-state index in [0.29, 0.717) is 12.1 Å². The van der Waals surface area contributed by atoms with Crippen LogP contribution in [0.2, 0.25) is 0 Å². The normalized spacial score (nSPS) is 30.4. The Balaban J connectivity index is 2.44. The molecule has 3 heteroatoms. The van der Waals surface area contributed by atoms with Crippen LogP contribution < -0.4 is 5.32 Å². The summed E-state index contributed by atoms with van der Waals surface area (Å²) in [5, 5.41) is 4.25. The molecular weight excluding hydrogens is 184 g/mol. The Morgan fingerprint density at radius 1 is 1.69 bits per heavy atom. The van der Waals surface area contributed by atoms with Crippen LogP contribution in [-0.4, -0.2) is 36.6 Å². The van der Waals surface area contributed by atoms with Crippen molar-refractivity contribution in [2.45, 2.75) is 32.4 Å². The molecule has 2 atom stereocenters. The largest absolute Gasteiger partial charge is 0.311 e. The van der Waals surface area contributed by atoms with Gasteiger partial charge in [0.15, 0.2) is 0 Å². The third-order valence-electron chi connectivity index (χ3n) is 2.65. The third-order valence-corrected chi connectivity index (χ3v) is 2.77. The van der Waals surface area contributed by atoms with Gasteiger partial charge in [-0.2, -0.15) is 0 Å². The van der Waals surface area contributed by atoms with Crippen LogP contribution in [0, 0.1) is 0 Å². The van der Waals surface area contributed by atoms with E-state index in [1.165, 1.54) is 6.42 Å². The molecule has 1 rings (SSSR count). The summed E-state index contributed by atoms with van der Waals surface area (Å²) < 4.78 is 0. The van der Waals surface area contributed by atoms with Crippen molar-refractivity contribution in [2.24, 2.45) is 0 Å². The molecule has 0 aromatic rings. The minimum absolute atomic E-state index is 0.568. The quantitative estimate of drug-likeness (QED) is 0.751. The number of nitrogens with one attached hydrogen (secondary N) is 1. The van der Waals surface area contributed by atoms with E-state index in [-0.39, 0.29) is 0 Å². The lowest BCUT2D eigenvalue weighted by Crippen LogP contribution is -2.55. The van der Waals surface area contributed by atoms with Gasteiger partial charge in [0.25, 0.3) is 0 Å². The third kappa shape index (κ3) is 3.29. The molecule has 1 aliphatic heterocycles. The van der Waals surface area contributed by atoms with Crippen LogP contribution in [0.5, 0.6) is 0 Å². The molecule has 13 heavy (non-hydrogen) atoms. The van der Waals surface area contributed by atoms with E-state index in [4.69, 9.17) is 11.6 Å². The Kier molecular flexibility index (Phi) is 4.23. The fourth-order valence-electron chi connectivity index (χ4n) is 1.71.